The average Bonchev–Trinajstić information content (AvgIpc) is 3.68. The molecule has 2 aliphatic rings. The van der Waals surface area contributed by atoms with Gasteiger partial charge in [-0.15, -0.1) is 11.3 Å². The molecule has 332 valence electrons. The molecule has 2 amide bonds. The van der Waals surface area contributed by atoms with Crippen LogP contribution < -0.4 is 5.56 Å². The van der Waals surface area contributed by atoms with E-state index in [1.165, 1.54) is 16.5 Å². The minimum Gasteiger partial charge on any atom is -0.506 e. The molecule has 2 N–H and O–H groups in total. The largest absolute Gasteiger partial charge is 0.506 e. The van der Waals surface area contributed by atoms with Gasteiger partial charge in [0.1, 0.15) is 11.4 Å². The van der Waals surface area contributed by atoms with Crippen LogP contribution in [0, 0.1) is 0 Å². The first-order valence-corrected chi connectivity index (χ1v) is 25.7. The molecule has 0 saturated carbocycles. The van der Waals surface area contributed by atoms with Crippen LogP contribution in [-0.4, -0.2) is 102 Å². The summed E-state index contributed by atoms with van der Waals surface area (Å²) >= 11 is 1.66. The van der Waals surface area contributed by atoms with Gasteiger partial charge in [-0.1, -0.05) is 65.0 Å². The van der Waals surface area contributed by atoms with Gasteiger partial charge in [0.05, 0.1) is 42.5 Å². The van der Waals surface area contributed by atoms with Crippen LogP contribution in [0.4, 0.5) is 4.79 Å². The SMILES string of the molecule is CC(C)c1cc(C(=O)N2CCOC3(CCN(Cc4cccc(C[C@@H](C)N(C[C@H](O[Si](C)(C)C(C)(C)C)c5ccc(O)c6[nH]c(=O)ccc56)C(=O)OC(C)(C)C)c4)CC3)C2)cs1. The maximum absolute atomic E-state index is 14.2. The van der Waals surface area contributed by atoms with Gasteiger partial charge in [0, 0.05) is 53.9 Å². The lowest BCUT2D eigenvalue weighted by molar-refractivity contribution is -0.127. The van der Waals surface area contributed by atoms with Gasteiger partial charge in [0.2, 0.25) is 5.56 Å². The van der Waals surface area contributed by atoms with Gasteiger partial charge in [0.25, 0.3) is 5.91 Å². The minimum absolute atomic E-state index is 0.0285. The van der Waals surface area contributed by atoms with Crippen molar-refractivity contribution in [1.29, 1.82) is 0 Å². The fraction of sp³-hybridized carbons (Fsp3) is 0.562. The lowest BCUT2D eigenvalue weighted by atomic mass is 9.89. The number of benzene rings is 2. The van der Waals surface area contributed by atoms with E-state index in [0.29, 0.717) is 42.9 Å². The second kappa shape index (κ2) is 18.4. The van der Waals surface area contributed by atoms with Gasteiger partial charge >= 0.3 is 6.09 Å². The Bertz CT molecular complexity index is 2230. The van der Waals surface area contributed by atoms with Crippen LogP contribution in [0.15, 0.2) is 64.8 Å². The van der Waals surface area contributed by atoms with E-state index in [1.54, 1.807) is 28.4 Å². The summed E-state index contributed by atoms with van der Waals surface area (Å²) in [5.41, 5.74) is 2.86. The number of carbonyl (C=O) groups excluding carboxylic acids is 2. The molecule has 0 unspecified atom stereocenters. The molecular formula is C48H68N4O7SSi. The number of thiophene rings is 1. The van der Waals surface area contributed by atoms with E-state index in [2.05, 4.69) is 94.9 Å². The van der Waals surface area contributed by atoms with Crippen LogP contribution in [0.25, 0.3) is 10.9 Å². The number of amides is 2. The molecular weight excluding hydrogens is 805 g/mol. The molecule has 1 spiro atoms. The van der Waals surface area contributed by atoms with E-state index < -0.39 is 26.1 Å². The number of pyridine rings is 1. The van der Waals surface area contributed by atoms with Crippen molar-refractivity contribution in [2.75, 3.05) is 39.3 Å². The van der Waals surface area contributed by atoms with Crippen molar-refractivity contribution in [1.82, 2.24) is 19.7 Å². The molecule has 4 aromatic rings. The van der Waals surface area contributed by atoms with Crippen LogP contribution in [0.3, 0.4) is 0 Å². The molecule has 2 aliphatic heterocycles. The smallest absolute Gasteiger partial charge is 0.410 e. The summed E-state index contributed by atoms with van der Waals surface area (Å²) < 4.78 is 19.6. The summed E-state index contributed by atoms with van der Waals surface area (Å²) in [6.07, 6.45) is 1.31. The molecule has 2 saturated heterocycles. The number of H-pyrrole nitrogens is 1. The summed E-state index contributed by atoms with van der Waals surface area (Å²) in [5, 5.41) is 13.3. The van der Waals surface area contributed by atoms with E-state index in [1.807, 2.05) is 37.1 Å². The minimum atomic E-state index is -2.43. The number of likely N-dealkylation sites (tertiary alicyclic amines) is 1. The van der Waals surface area contributed by atoms with E-state index in [4.69, 9.17) is 13.9 Å². The highest BCUT2D eigenvalue weighted by molar-refractivity contribution is 7.10. The predicted molar refractivity (Wildman–Crippen MR) is 247 cm³/mol. The van der Waals surface area contributed by atoms with Gasteiger partial charge in [-0.05, 0) is 106 Å². The lowest BCUT2D eigenvalue weighted by Crippen LogP contribution is -2.57. The molecule has 2 aromatic carbocycles. The Morgan fingerprint density at radius 3 is 2.34 bits per heavy atom. The number of ether oxygens (including phenoxy) is 2. The molecule has 6 rings (SSSR count). The number of hydrogen-bond acceptors (Lipinski definition) is 9. The molecule has 61 heavy (non-hydrogen) atoms. The third-order valence-corrected chi connectivity index (χ3v) is 18.4. The number of nitrogens with zero attached hydrogens (tertiary/aromatic N) is 3. The number of phenolic OH excluding ortho intramolecular Hbond substituents is 1. The van der Waals surface area contributed by atoms with E-state index >= 15 is 0 Å². The van der Waals surface area contributed by atoms with Crippen molar-refractivity contribution < 1.29 is 28.6 Å². The molecule has 13 heteroatoms. The molecule has 0 aliphatic carbocycles. The topological polar surface area (TPSA) is 125 Å². The van der Waals surface area contributed by atoms with Crippen LogP contribution in [0.2, 0.25) is 18.1 Å². The predicted octanol–water partition coefficient (Wildman–Crippen LogP) is 9.86. The Labute approximate surface area is 367 Å². The Kier molecular flexibility index (Phi) is 14.0. The van der Waals surface area contributed by atoms with Gasteiger partial charge in [-0.2, -0.15) is 0 Å². The Morgan fingerprint density at radius 1 is 0.984 bits per heavy atom. The van der Waals surface area contributed by atoms with Crippen molar-refractivity contribution in [2.45, 2.75) is 136 Å². The van der Waals surface area contributed by atoms with Crippen LogP contribution in [-0.2, 0) is 26.9 Å². The van der Waals surface area contributed by atoms with Crippen molar-refractivity contribution in [2.24, 2.45) is 0 Å². The number of aromatic amines is 1. The Balaban J connectivity index is 1.17. The number of aromatic nitrogens is 1. The third-order valence-electron chi connectivity index (χ3n) is 12.7. The van der Waals surface area contributed by atoms with Gasteiger partial charge in [0.15, 0.2) is 8.32 Å². The summed E-state index contributed by atoms with van der Waals surface area (Å²) in [5.74, 6) is 0.483. The first-order chi connectivity index (χ1) is 28.5. The number of nitrogens with one attached hydrogen (secondary N) is 1. The Morgan fingerprint density at radius 2 is 1.69 bits per heavy atom. The zero-order valence-corrected chi connectivity index (χ0v) is 40.0. The van der Waals surface area contributed by atoms with E-state index in [0.717, 1.165) is 49.2 Å². The summed E-state index contributed by atoms with van der Waals surface area (Å²) in [6.45, 7) is 27.4. The Hall–Kier alpha value is -4.01. The fourth-order valence-corrected chi connectivity index (χ4v) is 10.3. The lowest BCUT2D eigenvalue weighted by Gasteiger charge is -2.47. The molecule has 4 heterocycles. The van der Waals surface area contributed by atoms with Crippen molar-refractivity contribution in [3.8, 4) is 5.75 Å². The number of rotatable bonds is 12. The second-order valence-corrected chi connectivity index (χ2v) is 25.8. The molecule has 11 nitrogen and oxygen atoms in total. The van der Waals surface area contributed by atoms with Crippen molar-refractivity contribution >= 4 is 42.6 Å². The van der Waals surface area contributed by atoms with Gasteiger partial charge in [-0.25, -0.2) is 4.79 Å². The number of morpholine rings is 1. The molecule has 2 aromatic heterocycles. The summed E-state index contributed by atoms with van der Waals surface area (Å²) in [4.78, 5) is 50.4. The number of carbonyl (C=O) groups is 2. The quantitative estimate of drug-likeness (QED) is 0.135. The molecule has 0 radical (unpaired) electrons. The highest BCUT2D eigenvalue weighted by atomic mass is 32.1. The highest BCUT2D eigenvalue weighted by Crippen LogP contribution is 2.42. The normalized spacial score (nSPS) is 17.5. The molecule has 2 fully saturated rings. The third kappa shape index (κ3) is 11.3. The summed E-state index contributed by atoms with van der Waals surface area (Å²) in [6, 6.07) is 17.0. The molecule has 0 bridgehead atoms. The zero-order chi connectivity index (χ0) is 44.5. The number of piperidine rings is 1. The monoisotopic (exact) mass is 872 g/mol. The second-order valence-electron chi connectivity index (χ2n) is 20.1. The van der Waals surface area contributed by atoms with Crippen molar-refractivity contribution in [3.63, 3.8) is 0 Å². The first kappa shape index (κ1) is 46.5. The summed E-state index contributed by atoms with van der Waals surface area (Å²) in [7, 11) is -2.43. The van der Waals surface area contributed by atoms with Crippen LogP contribution in [0.1, 0.15) is 119 Å². The number of hydrogen-bond donors (Lipinski definition) is 2. The van der Waals surface area contributed by atoms with Crippen LogP contribution in [0.5, 0.6) is 5.75 Å². The van der Waals surface area contributed by atoms with E-state index in [9.17, 15) is 19.5 Å². The first-order valence-electron chi connectivity index (χ1n) is 21.9. The maximum Gasteiger partial charge on any atom is 0.410 e. The van der Waals surface area contributed by atoms with Crippen molar-refractivity contribution in [3.05, 3.63) is 97.5 Å². The van der Waals surface area contributed by atoms with Gasteiger partial charge < -0.3 is 33.8 Å². The number of fused-ring (bicyclic) bond motifs is 1. The highest BCUT2D eigenvalue weighted by Gasteiger charge is 2.43. The van der Waals surface area contributed by atoms with Gasteiger partial charge in [-0.3, -0.25) is 14.5 Å². The maximum atomic E-state index is 14.2. The standard InChI is InChI=1S/C48H68N4O7SSi/c1-32(2)41-27-36(30-60-41)44(55)51-23-24-57-48(31-51)19-21-50(22-20-48)28-35-14-12-13-34(26-35)25-33(3)52(45(56)58-46(4,5)6)29-40(59-61(10,11)47(7,8)9)37-15-17-39(53)43-38(37)16-18-42(54)49-43/h12-18,26-27,30,32-33,40,53H,19-25,28-29,31H2,1-11H3,(H,49,54)/t33-,40+/m1/s1. The molecule has 2 atom stereocenters. The zero-order valence-electron chi connectivity index (χ0n) is 38.2. The van der Waals surface area contributed by atoms with E-state index in [-0.39, 0.29) is 40.4 Å². The number of aromatic hydroxyl groups is 1. The number of phenols is 1. The van der Waals surface area contributed by atoms with Crippen LogP contribution >= 0.6 is 11.3 Å². The fourth-order valence-electron chi connectivity index (χ4n) is 8.16. The average molecular weight is 873 g/mol.